The summed E-state index contributed by atoms with van der Waals surface area (Å²) in [5.74, 6) is -0.107. The second-order valence-electron chi connectivity index (χ2n) is 4.45. The first-order chi connectivity index (χ1) is 9.95. The van der Waals surface area contributed by atoms with Gasteiger partial charge in [-0.3, -0.25) is 4.79 Å². The molecule has 0 aliphatic heterocycles. The number of benzene rings is 1. The zero-order chi connectivity index (χ0) is 15.3. The highest BCUT2D eigenvalue weighted by atomic mass is 32.2. The van der Waals surface area contributed by atoms with E-state index in [0.29, 0.717) is 18.4 Å². The lowest BCUT2D eigenvalue weighted by Crippen LogP contribution is -2.23. The van der Waals surface area contributed by atoms with Crippen LogP contribution in [0.1, 0.15) is 17.7 Å². The molecule has 8 heteroatoms. The normalized spacial score (nSPS) is 11.3. The average molecular weight is 325 g/mol. The van der Waals surface area contributed by atoms with Crippen LogP contribution in [0.25, 0.3) is 0 Å². The van der Waals surface area contributed by atoms with Crippen LogP contribution < -0.4 is 10.5 Å². The van der Waals surface area contributed by atoms with E-state index in [-0.39, 0.29) is 17.3 Å². The highest BCUT2D eigenvalue weighted by Gasteiger charge is 2.08. The number of hydrogen-bond acceptors (Lipinski definition) is 5. The lowest BCUT2D eigenvalue weighted by molar-refractivity contribution is -0.121. The van der Waals surface area contributed by atoms with E-state index in [0.717, 1.165) is 5.69 Å². The van der Waals surface area contributed by atoms with E-state index in [4.69, 9.17) is 5.14 Å². The molecule has 0 unspecified atom stereocenters. The molecule has 0 bridgehead atoms. The Morgan fingerprint density at radius 1 is 1.38 bits per heavy atom. The Morgan fingerprint density at radius 2 is 2.19 bits per heavy atom. The summed E-state index contributed by atoms with van der Waals surface area (Å²) in [6.45, 7) is 0.263. The number of nitrogens with zero attached hydrogens (tertiary/aromatic N) is 1. The quantitative estimate of drug-likeness (QED) is 0.828. The molecular formula is C13H15N3O3S2. The predicted molar refractivity (Wildman–Crippen MR) is 80.1 cm³/mol. The minimum absolute atomic E-state index is 0.0386. The van der Waals surface area contributed by atoms with E-state index in [2.05, 4.69) is 10.3 Å². The van der Waals surface area contributed by atoms with E-state index in [9.17, 15) is 13.2 Å². The molecule has 0 radical (unpaired) electrons. The van der Waals surface area contributed by atoms with Crippen molar-refractivity contribution < 1.29 is 13.2 Å². The Balaban J connectivity index is 1.86. The molecule has 0 saturated carbocycles. The topological polar surface area (TPSA) is 102 Å². The van der Waals surface area contributed by atoms with Crippen molar-refractivity contribution in [1.82, 2.24) is 10.3 Å². The first kappa shape index (κ1) is 15.6. The Labute approximate surface area is 127 Å². The van der Waals surface area contributed by atoms with Gasteiger partial charge in [0.05, 0.1) is 16.1 Å². The fraction of sp³-hybridized carbons (Fsp3) is 0.231. The summed E-state index contributed by atoms with van der Waals surface area (Å²) in [6, 6.07) is 6.20. The number of aryl methyl sites for hydroxylation is 1. The van der Waals surface area contributed by atoms with Crippen LogP contribution in [0.5, 0.6) is 0 Å². The molecule has 1 amide bonds. The molecule has 2 rings (SSSR count). The third-order valence-electron chi connectivity index (χ3n) is 2.81. The van der Waals surface area contributed by atoms with Crippen molar-refractivity contribution >= 4 is 27.3 Å². The van der Waals surface area contributed by atoms with Crippen molar-refractivity contribution in [2.75, 3.05) is 0 Å². The maximum Gasteiger partial charge on any atom is 0.238 e. The number of nitrogens with two attached hydrogens (primary N) is 1. The number of thiazole rings is 1. The molecule has 1 heterocycles. The van der Waals surface area contributed by atoms with E-state index in [1.165, 1.54) is 23.5 Å². The van der Waals surface area contributed by atoms with Crippen molar-refractivity contribution in [1.29, 1.82) is 0 Å². The molecule has 6 nitrogen and oxygen atoms in total. The van der Waals surface area contributed by atoms with Crippen molar-refractivity contribution in [3.63, 3.8) is 0 Å². The zero-order valence-electron chi connectivity index (χ0n) is 11.2. The van der Waals surface area contributed by atoms with Gasteiger partial charge < -0.3 is 5.32 Å². The number of primary sulfonamides is 1. The van der Waals surface area contributed by atoms with E-state index in [1.807, 2.05) is 5.38 Å². The number of nitrogens with one attached hydrogen (secondary N) is 1. The monoisotopic (exact) mass is 325 g/mol. The van der Waals surface area contributed by atoms with Crippen molar-refractivity contribution in [2.45, 2.75) is 24.3 Å². The van der Waals surface area contributed by atoms with Gasteiger partial charge in [-0.05, 0) is 24.1 Å². The summed E-state index contributed by atoms with van der Waals surface area (Å²) in [7, 11) is -3.72. The Bertz CT molecular complexity index is 712. The van der Waals surface area contributed by atoms with Gasteiger partial charge in [-0.15, -0.1) is 11.3 Å². The van der Waals surface area contributed by atoms with Crippen LogP contribution in [0.2, 0.25) is 0 Å². The molecule has 0 aliphatic rings. The van der Waals surface area contributed by atoms with Gasteiger partial charge in [-0.1, -0.05) is 12.1 Å². The number of carbonyl (C=O) groups excluding carboxylic acids is 1. The van der Waals surface area contributed by atoms with Crippen LogP contribution in [0.4, 0.5) is 0 Å². The second-order valence-corrected chi connectivity index (χ2v) is 6.73. The summed E-state index contributed by atoms with van der Waals surface area (Å²) in [5, 5.41) is 9.71. The molecule has 112 valence electrons. The molecular weight excluding hydrogens is 310 g/mol. The minimum Gasteiger partial charge on any atom is -0.352 e. The maximum atomic E-state index is 11.7. The summed E-state index contributed by atoms with van der Waals surface area (Å²) in [4.78, 5) is 15.9. The lowest BCUT2D eigenvalue weighted by Gasteiger charge is -2.06. The van der Waals surface area contributed by atoms with E-state index < -0.39 is 10.0 Å². The van der Waals surface area contributed by atoms with Crippen LogP contribution >= 0.6 is 11.3 Å². The zero-order valence-corrected chi connectivity index (χ0v) is 12.8. The van der Waals surface area contributed by atoms with E-state index >= 15 is 0 Å². The van der Waals surface area contributed by atoms with Crippen molar-refractivity contribution in [2.24, 2.45) is 5.14 Å². The van der Waals surface area contributed by atoms with Crippen molar-refractivity contribution in [3.8, 4) is 0 Å². The largest absolute Gasteiger partial charge is 0.352 e. The Hall–Kier alpha value is -1.77. The van der Waals surface area contributed by atoms with Gasteiger partial charge in [0, 0.05) is 18.3 Å². The molecule has 21 heavy (non-hydrogen) atoms. The number of aromatic nitrogens is 1. The number of sulfonamides is 1. The van der Waals surface area contributed by atoms with Crippen LogP contribution in [-0.2, 0) is 27.8 Å². The molecule has 0 spiro atoms. The fourth-order valence-corrected chi connectivity index (χ4v) is 2.90. The fourth-order valence-electron chi connectivity index (χ4n) is 1.72. The molecule has 2 aromatic rings. The van der Waals surface area contributed by atoms with Gasteiger partial charge in [0.15, 0.2) is 0 Å². The summed E-state index contributed by atoms with van der Waals surface area (Å²) in [5.41, 5.74) is 3.31. The molecule has 3 N–H and O–H groups in total. The lowest BCUT2D eigenvalue weighted by atomic mass is 10.2. The Morgan fingerprint density at radius 3 is 2.86 bits per heavy atom. The van der Waals surface area contributed by atoms with Gasteiger partial charge in [0.2, 0.25) is 15.9 Å². The highest BCUT2D eigenvalue weighted by Crippen LogP contribution is 2.10. The second kappa shape index (κ2) is 6.79. The van der Waals surface area contributed by atoms with Gasteiger partial charge in [0.25, 0.3) is 0 Å². The van der Waals surface area contributed by atoms with Crippen molar-refractivity contribution in [3.05, 3.63) is 46.4 Å². The molecule has 0 atom stereocenters. The SMILES string of the molecule is NS(=O)(=O)c1cccc(CNC(=O)CCc2cscn2)c1. The number of carbonyl (C=O) groups is 1. The smallest absolute Gasteiger partial charge is 0.238 e. The van der Waals surface area contributed by atoms with Crippen LogP contribution in [-0.4, -0.2) is 19.3 Å². The minimum atomic E-state index is -3.72. The number of amides is 1. The molecule has 1 aromatic carbocycles. The van der Waals surface area contributed by atoms with Gasteiger partial charge in [-0.2, -0.15) is 0 Å². The van der Waals surface area contributed by atoms with Crippen LogP contribution in [0.3, 0.4) is 0 Å². The summed E-state index contributed by atoms with van der Waals surface area (Å²) < 4.78 is 22.5. The van der Waals surface area contributed by atoms with E-state index in [1.54, 1.807) is 17.6 Å². The number of hydrogen-bond donors (Lipinski definition) is 2. The first-order valence-electron chi connectivity index (χ1n) is 6.20. The highest BCUT2D eigenvalue weighted by molar-refractivity contribution is 7.89. The summed E-state index contributed by atoms with van der Waals surface area (Å²) in [6.07, 6.45) is 0.936. The number of rotatable bonds is 6. The van der Waals surface area contributed by atoms with Crippen LogP contribution in [0, 0.1) is 0 Å². The molecule has 0 aliphatic carbocycles. The molecule has 0 fully saturated rings. The molecule has 1 aromatic heterocycles. The first-order valence-corrected chi connectivity index (χ1v) is 8.69. The average Bonchev–Trinajstić information content (AvgIpc) is 2.95. The third-order valence-corrected chi connectivity index (χ3v) is 4.35. The third kappa shape index (κ3) is 4.92. The molecule has 0 saturated heterocycles. The standard InChI is InChI=1S/C13H15N3O3S2/c14-21(18,19)12-3-1-2-10(6-12)7-15-13(17)5-4-11-8-20-9-16-11/h1-3,6,8-9H,4-5,7H2,(H,15,17)(H2,14,18,19). The van der Waals surface area contributed by atoms with Crippen LogP contribution in [0.15, 0.2) is 40.1 Å². The van der Waals surface area contributed by atoms with Gasteiger partial charge in [0.1, 0.15) is 0 Å². The predicted octanol–water partition coefficient (Wildman–Crippen LogP) is 1.04. The Kier molecular flexibility index (Phi) is 5.05. The van der Waals surface area contributed by atoms with Gasteiger partial charge >= 0.3 is 0 Å². The maximum absolute atomic E-state index is 11.7. The summed E-state index contributed by atoms with van der Waals surface area (Å²) >= 11 is 1.49. The van der Waals surface area contributed by atoms with Gasteiger partial charge in [-0.25, -0.2) is 18.5 Å².